The third kappa shape index (κ3) is 5.93. The van der Waals surface area contributed by atoms with Crippen LogP contribution in [-0.4, -0.2) is 53.9 Å². The highest BCUT2D eigenvalue weighted by Gasteiger charge is 2.26. The number of rotatable bonds is 7. The molecule has 2 aromatic carbocycles. The van der Waals surface area contributed by atoms with Gasteiger partial charge in [-0.15, -0.1) is 0 Å². The van der Waals surface area contributed by atoms with Gasteiger partial charge in [-0.1, -0.05) is 48.5 Å². The Morgan fingerprint density at radius 3 is 2.74 bits per heavy atom. The predicted octanol–water partition coefficient (Wildman–Crippen LogP) is 2.82. The Labute approximate surface area is 220 Å². The van der Waals surface area contributed by atoms with E-state index < -0.39 is 12.1 Å². The lowest BCUT2D eigenvalue weighted by atomic mass is 10.0. The van der Waals surface area contributed by atoms with Crippen LogP contribution in [0.25, 0.3) is 0 Å². The number of ether oxygens (including phenoxy) is 2. The lowest BCUT2D eigenvalue weighted by Crippen LogP contribution is -2.29. The molecule has 2 aliphatic rings. The van der Waals surface area contributed by atoms with Crippen LogP contribution in [0, 0.1) is 5.41 Å². The number of anilines is 1. The highest BCUT2D eigenvalue weighted by Crippen LogP contribution is 2.24. The van der Waals surface area contributed by atoms with Gasteiger partial charge in [-0.05, 0) is 37.6 Å². The first-order valence-electron chi connectivity index (χ1n) is 12.5. The minimum atomic E-state index is -1.21. The number of carbonyl (C=O) groups is 1. The molecule has 0 bridgehead atoms. The number of benzene rings is 2. The van der Waals surface area contributed by atoms with Crippen LogP contribution in [0.4, 0.5) is 5.69 Å². The number of benzodiazepines with no additional fused rings is 1. The summed E-state index contributed by atoms with van der Waals surface area (Å²) in [6.45, 7) is 1.79. The molecule has 2 unspecified atom stereocenters. The number of amidine groups is 1. The number of pyridine rings is 1. The molecule has 5 N–H and O–H groups in total. The fourth-order valence-electron chi connectivity index (χ4n) is 4.42. The van der Waals surface area contributed by atoms with Gasteiger partial charge in [-0.3, -0.25) is 15.2 Å². The zero-order valence-electron chi connectivity index (χ0n) is 20.8. The van der Waals surface area contributed by atoms with Crippen molar-refractivity contribution < 1.29 is 14.3 Å². The topological polar surface area (TPSA) is 147 Å². The van der Waals surface area contributed by atoms with Crippen molar-refractivity contribution in [3.63, 3.8) is 0 Å². The lowest BCUT2D eigenvalue weighted by Gasteiger charge is -2.13. The van der Waals surface area contributed by atoms with Gasteiger partial charge in [0.25, 0.3) is 11.9 Å². The molecular formula is C28H29N7O3. The number of carbonyl (C=O) groups excluding carboxylic acids is 1. The number of nitrogens with two attached hydrogens (primary N) is 1. The van der Waals surface area contributed by atoms with Gasteiger partial charge in [0.2, 0.25) is 12.1 Å². The summed E-state index contributed by atoms with van der Waals surface area (Å²) in [6, 6.07) is 20.3. The predicted molar refractivity (Wildman–Crippen MR) is 145 cm³/mol. The molecule has 194 valence electrons. The largest absolute Gasteiger partial charge is 0.407 e. The van der Waals surface area contributed by atoms with Crippen molar-refractivity contribution in [3.8, 4) is 0 Å². The first kappa shape index (κ1) is 25.2. The van der Waals surface area contributed by atoms with E-state index in [4.69, 9.17) is 20.6 Å². The highest BCUT2D eigenvalue weighted by molar-refractivity contribution is 6.19. The van der Waals surface area contributed by atoms with Crippen LogP contribution < -0.4 is 16.4 Å². The summed E-state index contributed by atoms with van der Waals surface area (Å²) in [4.78, 5) is 26.2. The number of hydrogen-bond acceptors (Lipinski definition) is 8. The number of nitrogens with zero attached hydrogens (tertiary/aromatic N) is 3. The Morgan fingerprint density at radius 2 is 1.92 bits per heavy atom. The van der Waals surface area contributed by atoms with Crippen molar-refractivity contribution in [1.82, 2.24) is 10.3 Å². The van der Waals surface area contributed by atoms with E-state index in [0.717, 1.165) is 30.5 Å². The smallest absolute Gasteiger partial charge is 0.291 e. The van der Waals surface area contributed by atoms with Crippen molar-refractivity contribution in [2.75, 3.05) is 18.5 Å². The molecule has 2 aliphatic heterocycles. The second kappa shape index (κ2) is 11.8. The summed E-state index contributed by atoms with van der Waals surface area (Å²) in [6.07, 6.45) is 2.65. The van der Waals surface area contributed by atoms with Gasteiger partial charge in [0.05, 0.1) is 35.9 Å². The molecule has 10 heteroatoms. The third-order valence-corrected chi connectivity index (χ3v) is 6.28. The van der Waals surface area contributed by atoms with Crippen molar-refractivity contribution in [1.29, 1.82) is 5.41 Å². The summed E-state index contributed by atoms with van der Waals surface area (Å²) in [5, 5.41) is 14.7. The quantitative estimate of drug-likeness (QED) is 0.283. The van der Waals surface area contributed by atoms with E-state index in [2.05, 4.69) is 25.6 Å². The Kier molecular flexibility index (Phi) is 7.81. The van der Waals surface area contributed by atoms with Gasteiger partial charge in [0.1, 0.15) is 0 Å². The van der Waals surface area contributed by atoms with Crippen molar-refractivity contribution in [2.45, 2.75) is 31.7 Å². The number of hydrogen-bond donors (Lipinski definition) is 4. The van der Waals surface area contributed by atoms with Crippen molar-refractivity contribution >= 4 is 29.2 Å². The zero-order chi connectivity index (χ0) is 26.3. The Morgan fingerprint density at radius 1 is 1.11 bits per heavy atom. The molecule has 0 aliphatic carbocycles. The van der Waals surface area contributed by atoms with Gasteiger partial charge in [-0.25, -0.2) is 4.99 Å². The average molecular weight is 512 g/mol. The highest BCUT2D eigenvalue weighted by atomic mass is 16.5. The molecule has 5 rings (SSSR count). The number of amides is 1. The SMILES string of the molecule is N=C(O/C(N)=N/C1N=C(c2ccccc2)c2ccccc2NC1=O)c1cccnc1COCC1CCCN1. The van der Waals surface area contributed by atoms with E-state index in [1.807, 2.05) is 54.6 Å². The normalized spacial score (nSPS) is 19.2. The van der Waals surface area contributed by atoms with Crippen LogP contribution in [0.1, 0.15) is 35.2 Å². The first-order valence-corrected chi connectivity index (χ1v) is 12.5. The van der Waals surface area contributed by atoms with Crippen LogP contribution in [0.5, 0.6) is 0 Å². The molecule has 1 amide bonds. The van der Waals surface area contributed by atoms with Crippen LogP contribution in [0.2, 0.25) is 0 Å². The third-order valence-electron chi connectivity index (χ3n) is 6.28. The van der Waals surface area contributed by atoms with Crippen molar-refractivity contribution in [3.05, 3.63) is 95.3 Å². The lowest BCUT2D eigenvalue weighted by molar-refractivity contribution is -0.117. The van der Waals surface area contributed by atoms with Crippen LogP contribution in [-0.2, 0) is 20.9 Å². The minimum Gasteiger partial charge on any atom is -0.407 e. The molecule has 3 aromatic rings. The van der Waals surface area contributed by atoms with Gasteiger partial charge in [0, 0.05) is 23.4 Å². The fraction of sp³-hybridized carbons (Fsp3) is 0.250. The Bertz CT molecular complexity index is 1370. The monoisotopic (exact) mass is 511 g/mol. The van der Waals surface area contributed by atoms with Gasteiger partial charge in [-0.2, -0.15) is 4.99 Å². The first-order chi connectivity index (χ1) is 18.6. The van der Waals surface area contributed by atoms with E-state index in [-0.39, 0.29) is 18.5 Å². The number of aliphatic imine (C=N–C) groups is 2. The minimum absolute atomic E-state index is 0.227. The Hall–Kier alpha value is -4.41. The number of fused-ring (bicyclic) bond motifs is 1. The molecular weight excluding hydrogens is 482 g/mol. The maximum Gasteiger partial charge on any atom is 0.291 e. The number of aromatic nitrogens is 1. The second-order valence-corrected chi connectivity index (χ2v) is 8.96. The number of nitrogens with one attached hydrogen (secondary N) is 3. The van der Waals surface area contributed by atoms with Gasteiger partial charge in [0.15, 0.2) is 0 Å². The van der Waals surface area contributed by atoms with E-state index in [0.29, 0.717) is 35.3 Å². The molecule has 0 spiro atoms. The number of para-hydroxylation sites is 1. The van der Waals surface area contributed by atoms with Crippen molar-refractivity contribution in [2.24, 2.45) is 15.7 Å². The average Bonchev–Trinajstić information content (AvgIpc) is 3.41. The van der Waals surface area contributed by atoms with Crippen LogP contribution in [0.3, 0.4) is 0 Å². The summed E-state index contributed by atoms with van der Waals surface area (Å²) >= 11 is 0. The molecule has 1 fully saturated rings. The van der Waals surface area contributed by atoms with E-state index in [1.165, 1.54) is 0 Å². The maximum absolute atomic E-state index is 13.0. The van der Waals surface area contributed by atoms with E-state index in [9.17, 15) is 4.79 Å². The summed E-state index contributed by atoms with van der Waals surface area (Å²) in [7, 11) is 0. The molecule has 38 heavy (non-hydrogen) atoms. The van der Waals surface area contributed by atoms with Crippen LogP contribution in [0.15, 0.2) is 82.9 Å². The standard InChI is InChI=1S/C28H29N7O3/c29-25(21-12-7-15-32-23(21)17-37-16-19-10-6-14-31-19)38-28(30)35-26-27(36)33-22-13-5-4-11-20(22)24(34-26)18-8-2-1-3-9-18/h1-5,7-9,11-13,15,19,26,29,31H,6,10,14,16-17H2,(H2,30,35)(H,33,36). The molecule has 1 saturated heterocycles. The molecule has 2 atom stereocenters. The summed E-state index contributed by atoms with van der Waals surface area (Å²) in [5.74, 6) is -0.709. The van der Waals surface area contributed by atoms with Crippen LogP contribution >= 0.6 is 0 Å². The molecule has 10 nitrogen and oxygen atoms in total. The summed E-state index contributed by atoms with van der Waals surface area (Å²) < 4.78 is 11.3. The molecule has 0 saturated carbocycles. The van der Waals surface area contributed by atoms with E-state index in [1.54, 1.807) is 18.3 Å². The maximum atomic E-state index is 13.0. The summed E-state index contributed by atoms with van der Waals surface area (Å²) in [5.41, 5.74) is 9.85. The molecule has 1 aromatic heterocycles. The van der Waals surface area contributed by atoms with Gasteiger partial charge >= 0.3 is 0 Å². The fourth-order valence-corrected chi connectivity index (χ4v) is 4.42. The van der Waals surface area contributed by atoms with E-state index >= 15 is 0 Å². The zero-order valence-corrected chi connectivity index (χ0v) is 20.8. The molecule has 0 radical (unpaired) electrons. The molecule has 3 heterocycles. The second-order valence-electron chi connectivity index (χ2n) is 8.96. The van der Waals surface area contributed by atoms with Gasteiger partial charge < -0.3 is 25.8 Å². The Balaban J connectivity index is 1.34.